The average molecular weight is 245 g/mol. The van der Waals surface area contributed by atoms with Crippen LogP contribution in [0, 0.1) is 5.82 Å². The van der Waals surface area contributed by atoms with E-state index in [0.29, 0.717) is 0 Å². The lowest BCUT2D eigenvalue weighted by Gasteiger charge is -2.11. The molecule has 1 rings (SSSR count). The summed E-state index contributed by atoms with van der Waals surface area (Å²) < 4.78 is 78.1. The molecule has 0 saturated carbocycles. The number of aromatic nitrogens is 1. The lowest BCUT2D eigenvalue weighted by atomic mass is 10.2. The molecular formula is C8H5F6NO. The third-order valence-corrected chi connectivity index (χ3v) is 1.67. The van der Waals surface area contributed by atoms with Crippen LogP contribution in [0.25, 0.3) is 0 Å². The molecule has 0 N–H and O–H groups in total. The second-order valence-corrected chi connectivity index (χ2v) is 2.72. The maximum Gasteiger partial charge on any atom is 0.436 e. The van der Waals surface area contributed by atoms with Gasteiger partial charge >= 0.3 is 6.18 Å². The summed E-state index contributed by atoms with van der Waals surface area (Å²) in [6.07, 6.45) is -8.22. The van der Waals surface area contributed by atoms with E-state index < -0.39 is 35.6 Å². The fourth-order valence-electron chi connectivity index (χ4n) is 1.00. The molecule has 0 fully saturated rings. The van der Waals surface area contributed by atoms with E-state index in [-0.39, 0.29) is 6.07 Å². The van der Waals surface area contributed by atoms with Gasteiger partial charge in [0, 0.05) is 0 Å². The molecule has 0 aliphatic carbocycles. The van der Waals surface area contributed by atoms with Crippen molar-refractivity contribution in [1.82, 2.24) is 4.98 Å². The van der Waals surface area contributed by atoms with E-state index >= 15 is 0 Å². The van der Waals surface area contributed by atoms with E-state index in [4.69, 9.17) is 0 Å². The molecule has 16 heavy (non-hydrogen) atoms. The highest BCUT2D eigenvalue weighted by atomic mass is 19.4. The predicted molar refractivity (Wildman–Crippen MR) is 40.7 cm³/mol. The Balaban J connectivity index is 3.37. The van der Waals surface area contributed by atoms with E-state index in [2.05, 4.69) is 9.72 Å². The molecule has 2 nitrogen and oxygen atoms in total. The van der Waals surface area contributed by atoms with Crippen molar-refractivity contribution in [1.29, 1.82) is 0 Å². The van der Waals surface area contributed by atoms with Crippen molar-refractivity contribution in [2.24, 2.45) is 0 Å². The standard InChI is InChI=1S/C8H5F6NO/c1-16-7-3(6(10)11)2-4(9)5(15-7)8(12,13)14/h2,6H,1H3. The number of alkyl halides is 5. The molecule has 8 heteroatoms. The molecule has 0 amide bonds. The van der Waals surface area contributed by atoms with Gasteiger partial charge in [-0.1, -0.05) is 0 Å². The highest BCUT2D eigenvalue weighted by Gasteiger charge is 2.38. The number of hydrogen-bond acceptors (Lipinski definition) is 2. The summed E-state index contributed by atoms with van der Waals surface area (Å²) in [5.41, 5.74) is -2.90. The summed E-state index contributed by atoms with van der Waals surface area (Å²) in [5.74, 6) is -2.80. The highest BCUT2D eigenvalue weighted by Crippen LogP contribution is 2.35. The normalized spacial score (nSPS) is 12.0. The van der Waals surface area contributed by atoms with Gasteiger partial charge in [0.25, 0.3) is 6.43 Å². The largest absolute Gasteiger partial charge is 0.481 e. The first-order chi connectivity index (χ1) is 7.27. The fourth-order valence-corrected chi connectivity index (χ4v) is 1.00. The number of ether oxygens (including phenoxy) is 1. The number of hydrogen-bond donors (Lipinski definition) is 0. The van der Waals surface area contributed by atoms with Crippen LogP contribution >= 0.6 is 0 Å². The van der Waals surface area contributed by atoms with Crippen LogP contribution in [-0.2, 0) is 6.18 Å². The Morgan fingerprint density at radius 2 is 1.88 bits per heavy atom. The summed E-state index contributed by atoms with van der Waals surface area (Å²) in [6, 6.07) is 0.0688. The van der Waals surface area contributed by atoms with Crippen molar-refractivity contribution in [3.8, 4) is 5.88 Å². The Labute approximate surface area is 85.9 Å². The van der Waals surface area contributed by atoms with Crippen LogP contribution in [-0.4, -0.2) is 12.1 Å². The minimum absolute atomic E-state index is 0.0688. The zero-order valence-corrected chi connectivity index (χ0v) is 7.78. The topological polar surface area (TPSA) is 22.1 Å². The number of pyridine rings is 1. The van der Waals surface area contributed by atoms with E-state index in [0.717, 1.165) is 7.11 Å². The maximum atomic E-state index is 12.9. The van der Waals surface area contributed by atoms with Crippen LogP contribution in [0.15, 0.2) is 6.07 Å². The second kappa shape index (κ2) is 4.18. The fraction of sp³-hybridized carbons (Fsp3) is 0.375. The molecule has 0 saturated heterocycles. The van der Waals surface area contributed by atoms with Gasteiger partial charge in [0.1, 0.15) is 0 Å². The van der Waals surface area contributed by atoms with Crippen molar-refractivity contribution in [2.75, 3.05) is 7.11 Å². The third kappa shape index (κ3) is 2.37. The van der Waals surface area contributed by atoms with Crippen LogP contribution in [0.2, 0.25) is 0 Å². The first-order valence-electron chi connectivity index (χ1n) is 3.87. The lowest BCUT2D eigenvalue weighted by Crippen LogP contribution is -2.13. The van der Waals surface area contributed by atoms with Gasteiger partial charge in [0.05, 0.1) is 12.7 Å². The summed E-state index contributed by atoms with van der Waals surface area (Å²) in [4.78, 5) is 2.68. The molecule has 90 valence electrons. The van der Waals surface area contributed by atoms with Gasteiger partial charge in [0.15, 0.2) is 11.5 Å². The molecule has 0 radical (unpaired) electrons. The predicted octanol–water partition coefficient (Wildman–Crippen LogP) is 3.19. The van der Waals surface area contributed by atoms with Gasteiger partial charge in [-0.25, -0.2) is 18.2 Å². The van der Waals surface area contributed by atoms with Crippen molar-refractivity contribution < 1.29 is 31.1 Å². The Hall–Kier alpha value is -1.47. The van der Waals surface area contributed by atoms with Gasteiger partial charge in [-0.2, -0.15) is 13.2 Å². The van der Waals surface area contributed by atoms with Gasteiger partial charge < -0.3 is 4.74 Å². The zero-order chi connectivity index (χ0) is 12.5. The summed E-state index contributed by atoms with van der Waals surface area (Å²) in [6.45, 7) is 0. The molecule has 1 heterocycles. The Bertz CT molecular complexity index is 389. The summed E-state index contributed by atoms with van der Waals surface area (Å²) >= 11 is 0. The Morgan fingerprint density at radius 1 is 1.31 bits per heavy atom. The molecule has 0 aliphatic heterocycles. The Morgan fingerprint density at radius 3 is 2.25 bits per heavy atom. The molecular weight excluding hydrogens is 240 g/mol. The van der Waals surface area contributed by atoms with Crippen LogP contribution < -0.4 is 4.74 Å². The molecule has 0 aliphatic rings. The van der Waals surface area contributed by atoms with Crippen molar-refractivity contribution >= 4 is 0 Å². The average Bonchev–Trinajstić information content (AvgIpc) is 2.15. The zero-order valence-electron chi connectivity index (χ0n) is 7.78. The number of halogens is 6. The molecule has 0 bridgehead atoms. The minimum atomic E-state index is -5.06. The SMILES string of the molecule is COc1nc(C(F)(F)F)c(F)cc1C(F)F. The number of nitrogens with zero attached hydrogens (tertiary/aromatic N) is 1. The first kappa shape index (κ1) is 12.6. The van der Waals surface area contributed by atoms with E-state index in [1.807, 2.05) is 0 Å². The first-order valence-corrected chi connectivity index (χ1v) is 3.87. The van der Waals surface area contributed by atoms with Gasteiger partial charge in [-0.05, 0) is 6.07 Å². The van der Waals surface area contributed by atoms with Crippen LogP contribution in [0.5, 0.6) is 5.88 Å². The minimum Gasteiger partial charge on any atom is -0.481 e. The van der Waals surface area contributed by atoms with E-state index in [1.165, 1.54) is 0 Å². The molecule has 0 spiro atoms. The second-order valence-electron chi connectivity index (χ2n) is 2.72. The van der Waals surface area contributed by atoms with Gasteiger partial charge in [0.2, 0.25) is 5.88 Å². The summed E-state index contributed by atoms with van der Waals surface area (Å²) in [5, 5.41) is 0. The Kier molecular flexibility index (Phi) is 3.30. The van der Waals surface area contributed by atoms with Gasteiger partial charge in [-0.15, -0.1) is 0 Å². The van der Waals surface area contributed by atoms with Crippen molar-refractivity contribution in [3.05, 3.63) is 23.1 Å². The molecule has 0 aromatic carbocycles. The van der Waals surface area contributed by atoms with E-state index in [1.54, 1.807) is 0 Å². The molecule has 1 aromatic rings. The highest BCUT2D eigenvalue weighted by molar-refractivity contribution is 5.31. The van der Waals surface area contributed by atoms with Crippen LogP contribution in [0.1, 0.15) is 17.7 Å². The summed E-state index contributed by atoms with van der Waals surface area (Å²) in [7, 11) is 0.867. The van der Waals surface area contributed by atoms with Crippen LogP contribution in [0.4, 0.5) is 26.3 Å². The van der Waals surface area contributed by atoms with Crippen molar-refractivity contribution in [3.63, 3.8) is 0 Å². The number of rotatable bonds is 2. The monoisotopic (exact) mass is 245 g/mol. The molecule has 0 unspecified atom stereocenters. The van der Waals surface area contributed by atoms with E-state index in [9.17, 15) is 26.3 Å². The lowest BCUT2D eigenvalue weighted by molar-refractivity contribution is -0.144. The third-order valence-electron chi connectivity index (χ3n) is 1.67. The molecule has 1 aromatic heterocycles. The van der Waals surface area contributed by atoms with Crippen molar-refractivity contribution in [2.45, 2.75) is 12.6 Å². The quantitative estimate of drug-likeness (QED) is 0.746. The van der Waals surface area contributed by atoms with Gasteiger partial charge in [-0.3, -0.25) is 0 Å². The number of methoxy groups -OCH3 is 1. The maximum absolute atomic E-state index is 12.9. The molecule has 0 atom stereocenters. The smallest absolute Gasteiger partial charge is 0.436 e. The van der Waals surface area contributed by atoms with Crippen LogP contribution in [0.3, 0.4) is 0 Å².